The molecule has 0 bridgehead atoms. The van der Waals surface area contributed by atoms with Crippen molar-refractivity contribution in [2.75, 3.05) is 13.2 Å². The summed E-state index contributed by atoms with van der Waals surface area (Å²) in [6, 6.07) is 10.8. The van der Waals surface area contributed by atoms with Crippen molar-refractivity contribution in [3.63, 3.8) is 0 Å². The highest BCUT2D eigenvalue weighted by Crippen LogP contribution is 2.53. The molecule has 1 aliphatic heterocycles. The Morgan fingerprint density at radius 3 is 2.35 bits per heavy atom. The molecule has 0 aromatic heterocycles. The summed E-state index contributed by atoms with van der Waals surface area (Å²) in [7, 11) is 0. The lowest BCUT2D eigenvalue weighted by Gasteiger charge is -2.37. The fourth-order valence-corrected chi connectivity index (χ4v) is 4.08. The Kier molecular flexibility index (Phi) is 3.64. The highest BCUT2D eigenvalue weighted by molar-refractivity contribution is 5.17. The second kappa shape index (κ2) is 5.16. The van der Waals surface area contributed by atoms with E-state index in [1.807, 2.05) is 0 Å². The van der Waals surface area contributed by atoms with Crippen molar-refractivity contribution >= 4 is 0 Å². The Bertz CT molecular complexity index is 440. The molecular weight excluding hydrogens is 248 g/mol. The van der Waals surface area contributed by atoms with E-state index in [0.29, 0.717) is 17.3 Å². The van der Waals surface area contributed by atoms with Gasteiger partial charge in [-0.2, -0.15) is 0 Å². The molecule has 2 nitrogen and oxygen atoms in total. The maximum atomic E-state index is 6.09. The van der Waals surface area contributed by atoms with Crippen LogP contribution in [-0.2, 0) is 15.9 Å². The van der Waals surface area contributed by atoms with Crippen molar-refractivity contribution in [1.82, 2.24) is 0 Å². The lowest BCUT2D eigenvalue weighted by Crippen LogP contribution is -2.40. The molecule has 2 aliphatic rings. The highest BCUT2D eigenvalue weighted by Gasteiger charge is 2.55. The average Bonchev–Trinajstić information content (AvgIpc) is 3.00. The maximum Gasteiger partial charge on any atom is 0.171 e. The minimum Gasteiger partial charge on any atom is -0.347 e. The first kappa shape index (κ1) is 14.1. The molecule has 1 spiro atoms. The Morgan fingerprint density at radius 1 is 1.10 bits per heavy atom. The molecule has 3 rings (SSSR count). The second-order valence-electron chi connectivity index (χ2n) is 7.32. The molecule has 1 saturated heterocycles. The smallest absolute Gasteiger partial charge is 0.171 e. The van der Waals surface area contributed by atoms with E-state index in [1.54, 1.807) is 0 Å². The molecule has 1 heterocycles. The topological polar surface area (TPSA) is 18.5 Å². The molecule has 20 heavy (non-hydrogen) atoms. The minimum absolute atomic E-state index is 0.304. The predicted molar refractivity (Wildman–Crippen MR) is 80.5 cm³/mol. The Labute approximate surface area is 122 Å². The first-order valence-electron chi connectivity index (χ1n) is 7.83. The van der Waals surface area contributed by atoms with Crippen LogP contribution in [0.4, 0.5) is 0 Å². The summed E-state index contributed by atoms with van der Waals surface area (Å²) in [5, 5.41) is 0. The van der Waals surface area contributed by atoms with E-state index in [-0.39, 0.29) is 5.79 Å². The zero-order valence-corrected chi connectivity index (χ0v) is 12.9. The van der Waals surface area contributed by atoms with Gasteiger partial charge in [0.25, 0.3) is 0 Å². The van der Waals surface area contributed by atoms with Crippen molar-refractivity contribution in [3.05, 3.63) is 35.9 Å². The molecule has 0 radical (unpaired) electrons. The van der Waals surface area contributed by atoms with E-state index in [4.69, 9.17) is 9.47 Å². The summed E-state index contributed by atoms with van der Waals surface area (Å²) >= 11 is 0. The monoisotopic (exact) mass is 274 g/mol. The Hall–Kier alpha value is -0.860. The van der Waals surface area contributed by atoms with E-state index < -0.39 is 0 Å². The zero-order chi connectivity index (χ0) is 14.2. The minimum atomic E-state index is -0.312. The molecule has 2 fully saturated rings. The fraction of sp³-hybridized carbons (Fsp3) is 0.667. The maximum absolute atomic E-state index is 6.09. The molecule has 2 heteroatoms. The van der Waals surface area contributed by atoms with Crippen molar-refractivity contribution in [2.24, 2.45) is 17.3 Å². The van der Waals surface area contributed by atoms with Crippen LogP contribution in [-0.4, -0.2) is 19.0 Å². The predicted octanol–water partition coefficient (Wildman–Crippen LogP) is 4.04. The van der Waals surface area contributed by atoms with Gasteiger partial charge >= 0.3 is 0 Å². The van der Waals surface area contributed by atoms with Crippen molar-refractivity contribution < 1.29 is 9.47 Å². The van der Waals surface area contributed by atoms with Crippen LogP contribution >= 0.6 is 0 Å². The quantitative estimate of drug-likeness (QED) is 0.810. The van der Waals surface area contributed by atoms with Gasteiger partial charge in [-0.1, -0.05) is 51.1 Å². The number of benzene rings is 1. The van der Waals surface area contributed by atoms with Crippen molar-refractivity contribution in [2.45, 2.75) is 45.8 Å². The molecule has 2 atom stereocenters. The van der Waals surface area contributed by atoms with Crippen LogP contribution < -0.4 is 0 Å². The standard InChI is InChI=1S/C18H26O2/c1-17(2,3)15-9-10-18(19-11-12-20-18)16(15)13-14-7-5-4-6-8-14/h4-8,15-16H,9-13H2,1-3H3. The first-order chi connectivity index (χ1) is 9.51. The van der Waals surface area contributed by atoms with E-state index >= 15 is 0 Å². The van der Waals surface area contributed by atoms with Gasteiger partial charge in [0.05, 0.1) is 13.2 Å². The van der Waals surface area contributed by atoms with Gasteiger partial charge < -0.3 is 9.47 Å². The van der Waals surface area contributed by atoms with E-state index in [9.17, 15) is 0 Å². The third-order valence-electron chi connectivity index (χ3n) is 5.04. The van der Waals surface area contributed by atoms with Crippen LogP contribution in [0.5, 0.6) is 0 Å². The van der Waals surface area contributed by atoms with Crippen LogP contribution in [0.15, 0.2) is 30.3 Å². The van der Waals surface area contributed by atoms with Gasteiger partial charge in [0, 0.05) is 12.3 Å². The lowest BCUT2D eigenvalue weighted by molar-refractivity contribution is -0.189. The summed E-state index contributed by atoms with van der Waals surface area (Å²) < 4.78 is 12.2. The van der Waals surface area contributed by atoms with Gasteiger partial charge in [-0.15, -0.1) is 0 Å². The number of hydrogen-bond donors (Lipinski definition) is 0. The molecule has 1 aromatic rings. The Balaban J connectivity index is 1.87. The van der Waals surface area contributed by atoms with Gasteiger partial charge in [0.2, 0.25) is 0 Å². The summed E-state index contributed by atoms with van der Waals surface area (Å²) in [6.07, 6.45) is 3.32. The Morgan fingerprint density at radius 2 is 1.75 bits per heavy atom. The van der Waals surface area contributed by atoms with Gasteiger partial charge in [-0.05, 0) is 29.7 Å². The van der Waals surface area contributed by atoms with Crippen molar-refractivity contribution in [3.8, 4) is 0 Å². The third-order valence-corrected chi connectivity index (χ3v) is 5.04. The number of ether oxygens (including phenoxy) is 2. The lowest BCUT2D eigenvalue weighted by atomic mass is 9.72. The van der Waals surface area contributed by atoms with Crippen LogP contribution in [0.2, 0.25) is 0 Å². The fourth-order valence-electron chi connectivity index (χ4n) is 4.08. The molecule has 1 aromatic carbocycles. The van der Waals surface area contributed by atoms with E-state index in [2.05, 4.69) is 51.1 Å². The summed E-state index contributed by atoms with van der Waals surface area (Å²) in [5.41, 5.74) is 1.70. The summed E-state index contributed by atoms with van der Waals surface area (Å²) in [4.78, 5) is 0. The molecule has 1 saturated carbocycles. The van der Waals surface area contributed by atoms with Gasteiger partial charge in [0.1, 0.15) is 0 Å². The summed E-state index contributed by atoms with van der Waals surface area (Å²) in [6.45, 7) is 8.56. The van der Waals surface area contributed by atoms with Crippen LogP contribution in [0.25, 0.3) is 0 Å². The second-order valence-corrected chi connectivity index (χ2v) is 7.32. The van der Waals surface area contributed by atoms with E-state index in [1.165, 1.54) is 12.0 Å². The average molecular weight is 274 g/mol. The van der Waals surface area contributed by atoms with E-state index in [0.717, 1.165) is 26.1 Å². The molecular formula is C18H26O2. The molecule has 2 unspecified atom stereocenters. The largest absolute Gasteiger partial charge is 0.347 e. The zero-order valence-electron chi connectivity index (χ0n) is 12.9. The molecule has 110 valence electrons. The number of rotatable bonds is 2. The van der Waals surface area contributed by atoms with Crippen LogP contribution in [0.1, 0.15) is 39.2 Å². The third kappa shape index (κ3) is 2.51. The van der Waals surface area contributed by atoms with Gasteiger partial charge in [-0.25, -0.2) is 0 Å². The SMILES string of the molecule is CC(C)(C)C1CCC2(OCCO2)C1Cc1ccccc1. The molecule has 0 N–H and O–H groups in total. The molecule has 0 amide bonds. The van der Waals surface area contributed by atoms with Gasteiger partial charge in [0.15, 0.2) is 5.79 Å². The van der Waals surface area contributed by atoms with Gasteiger partial charge in [-0.3, -0.25) is 0 Å². The summed E-state index contributed by atoms with van der Waals surface area (Å²) in [5.74, 6) is 0.807. The van der Waals surface area contributed by atoms with Crippen LogP contribution in [0.3, 0.4) is 0 Å². The number of hydrogen-bond acceptors (Lipinski definition) is 2. The molecule has 1 aliphatic carbocycles. The highest BCUT2D eigenvalue weighted by atomic mass is 16.7. The van der Waals surface area contributed by atoms with Crippen LogP contribution in [0, 0.1) is 17.3 Å². The first-order valence-corrected chi connectivity index (χ1v) is 7.83. The van der Waals surface area contributed by atoms with Crippen molar-refractivity contribution in [1.29, 1.82) is 0 Å². The normalized spacial score (nSPS) is 29.1.